The van der Waals surface area contributed by atoms with Crippen LogP contribution < -0.4 is 0 Å². The normalized spacial score (nSPS) is 11.2. The molecule has 1 aromatic heterocycles. The van der Waals surface area contributed by atoms with Crippen molar-refractivity contribution in [3.05, 3.63) is 54.6 Å². The number of fused-ring (bicyclic) bond motifs is 1. The highest BCUT2D eigenvalue weighted by molar-refractivity contribution is 7.99. The van der Waals surface area contributed by atoms with E-state index in [-0.39, 0.29) is 0 Å². The fraction of sp³-hybridized carbons (Fsp3) is 0.222. The van der Waals surface area contributed by atoms with Crippen LogP contribution in [0.5, 0.6) is 0 Å². The molecule has 2 aromatic carbocycles. The van der Waals surface area contributed by atoms with Crippen molar-refractivity contribution in [1.82, 2.24) is 14.9 Å². The van der Waals surface area contributed by atoms with Crippen LogP contribution in [-0.2, 0) is 0 Å². The molecule has 0 saturated carbocycles. The summed E-state index contributed by atoms with van der Waals surface area (Å²) in [5.41, 5.74) is 3.15. The fourth-order valence-electron chi connectivity index (χ4n) is 2.26. The minimum Gasteiger partial charge on any atom is -0.309 e. The van der Waals surface area contributed by atoms with Crippen molar-refractivity contribution < 1.29 is 0 Å². The molecule has 0 N–H and O–H groups in total. The average Bonchev–Trinajstić information content (AvgIpc) is 2.54. The van der Waals surface area contributed by atoms with Gasteiger partial charge in [-0.2, -0.15) is 0 Å². The predicted molar refractivity (Wildman–Crippen MR) is 94.3 cm³/mol. The molecule has 112 valence electrons. The van der Waals surface area contributed by atoms with E-state index in [4.69, 9.17) is 9.97 Å². The number of benzene rings is 2. The first-order valence-electron chi connectivity index (χ1n) is 7.34. The number of nitrogens with zero attached hydrogens (tertiary/aromatic N) is 3. The van der Waals surface area contributed by atoms with Gasteiger partial charge in [0.25, 0.3) is 0 Å². The third kappa shape index (κ3) is 3.46. The number of thioether (sulfide) groups is 1. The average molecular weight is 309 g/mol. The van der Waals surface area contributed by atoms with Crippen molar-refractivity contribution in [3.8, 4) is 11.3 Å². The minimum absolute atomic E-state index is 0.847. The number of rotatable bonds is 5. The van der Waals surface area contributed by atoms with E-state index in [1.807, 2.05) is 30.3 Å². The van der Waals surface area contributed by atoms with Gasteiger partial charge in [0, 0.05) is 23.2 Å². The highest BCUT2D eigenvalue weighted by Gasteiger charge is 2.09. The van der Waals surface area contributed by atoms with Crippen molar-refractivity contribution >= 4 is 22.7 Å². The summed E-state index contributed by atoms with van der Waals surface area (Å²) in [6.45, 7) is 1.02. The lowest BCUT2D eigenvalue weighted by Gasteiger charge is -2.10. The maximum absolute atomic E-state index is 4.80. The molecule has 0 aliphatic carbocycles. The van der Waals surface area contributed by atoms with Gasteiger partial charge in [0.05, 0.1) is 11.2 Å². The van der Waals surface area contributed by atoms with Crippen LogP contribution in [0, 0.1) is 0 Å². The summed E-state index contributed by atoms with van der Waals surface area (Å²) in [5, 5.41) is 1.95. The number of hydrogen-bond acceptors (Lipinski definition) is 4. The molecule has 0 spiro atoms. The van der Waals surface area contributed by atoms with E-state index in [1.54, 1.807) is 11.8 Å². The first-order valence-corrected chi connectivity index (χ1v) is 8.32. The second-order valence-electron chi connectivity index (χ2n) is 5.39. The first kappa shape index (κ1) is 15.0. The number of hydrogen-bond donors (Lipinski definition) is 0. The number of para-hydroxylation sites is 1. The predicted octanol–water partition coefficient (Wildman–Crippen LogP) is 3.95. The lowest BCUT2D eigenvalue weighted by Crippen LogP contribution is -2.14. The van der Waals surface area contributed by atoms with Gasteiger partial charge < -0.3 is 4.90 Å². The largest absolute Gasteiger partial charge is 0.309 e. The van der Waals surface area contributed by atoms with Crippen molar-refractivity contribution in [3.63, 3.8) is 0 Å². The second-order valence-corrected chi connectivity index (χ2v) is 6.45. The highest BCUT2D eigenvalue weighted by Crippen LogP contribution is 2.28. The Hall–Kier alpha value is -1.91. The fourth-order valence-corrected chi connectivity index (χ4v) is 3.21. The zero-order valence-corrected chi connectivity index (χ0v) is 13.7. The van der Waals surface area contributed by atoms with Crippen LogP contribution in [0.2, 0.25) is 0 Å². The molecule has 0 atom stereocenters. The van der Waals surface area contributed by atoms with Crippen LogP contribution in [0.4, 0.5) is 0 Å². The maximum Gasteiger partial charge on any atom is 0.188 e. The van der Waals surface area contributed by atoms with Gasteiger partial charge >= 0.3 is 0 Å². The molecular formula is C18H19N3S. The molecule has 0 fully saturated rings. The summed E-state index contributed by atoms with van der Waals surface area (Å²) < 4.78 is 0. The molecule has 4 heteroatoms. The molecule has 0 radical (unpaired) electrons. The Morgan fingerprint density at radius 2 is 1.64 bits per heavy atom. The Bertz CT molecular complexity index is 757. The van der Waals surface area contributed by atoms with Gasteiger partial charge in [-0.1, -0.05) is 60.3 Å². The lowest BCUT2D eigenvalue weighted by molar-refractivity contribution is 0.437. The van der Waals surface area contributed by atoms with E-state index in [1.165, 1.54) is 0 Å². The SMILES string of the molecule is CN(C)CCSc1nc(-c2ccccc2)c2ccccc2n1. The van der Waals surface area contributed by atoms with Crippen LogP contribution in [0.3, 0.4) is 0 Å². The number of aromatic nitrogens is 2. The molecule has 3 aromatic rings. The van der Waals surface area contributed by atoms with E-state index in [2.05, 4.69) is 43.3 Å². The Kier molecular flexibility index (Phi) is 4.71. The summed E-state index contributed by atoms with van der Waals surface area (Å²) in [7, 11) is 4.16. The molecule has 0 aliphatic heterocycles. The third-order valence-corrected chi connectivity index (χ3v) is 4.23. The van der Waals surface area contributed by atoms with Crippen molar-refractivity contribution in [2.45, 2.75) is 5.16 Å². The minimum atomic E-state index is 0.847. The summed E-state index contributed by atoms with van der Waals surface area (Å²) in [6, 6.07) is 18.5. The summed E-state index contributed by atoms with van der Waals surface area (Å²) in [5.74, 6) is 0.986. The Labute approximate surface area is 135 Å². The molecule has 3 rings (SSSR count). The lowest BCUT2D eigenvalue weighted by atomic mass is 10.1. The van der Waals surface area contributed by atoms with Crippen LogP contribution in [-0.4, -0.2) is 41.3 Å². The molecule has 1 heterocycles. The zero-order chi connectivity index (χ0) is 15.4. The van der Waals surface area contributed by atoms with Gasteiger partial charge in [0.15, 0.2) is 5.16 Å². The van der Waals surface area contributed by atoms with Gasteiger partial charge in [0.2, 0.25) is 0 Å². The van der Waals surface area contributed by atoms with Crippen LogP contribution >= 0.6 is 11.8 Å². The molecule has 0 aliphatic rings. The second kappa shape index (κ2) is 6.90. The van der Waals surface area contributed by atoms with Crippen molar-refractivity contribution in [1.29, 1.82) is 0 Å². The quantitative estimate of drug-likeness (QED) is 0.527. The van der Waals surface area contributed by atoms with Gasteiger partial charge in [-0.15, -0.1) is 0 Å². The Balaban J connectivity index is 2.01. The van der Waals surface area contributed by atoms with Gasteiger partial charge in [-0.25, -0.2) is 9.97 Å². The molecule has 22 heavy (non-hydrogen) atoms. The molecule has 0 amide bonds. The van der Waals surface area contributed by atoms with Gasteiger partial charge in [-0.3, -0.25) is 0 Å². The Morgan fingerprint density at radius 3 is 2.41 bits per heavy atom. The topological polar surface area (TPSA) is 29.0 Å². The van der Waals surface area contributed by atoms with Crippen LogP contribution in [0.15, 0.2) is 59.8 Å². The maximum atomic E-state index is 4.80. The van der Waals surface area contributed by atoms with E-state index in [0.29, 0.717) is 0 Å². The van der Waals surface area contributed by atoms with Crippen molar-refractivity contribution in [2.75, 3.05) is 26.4 Å². The molecular weight excluding hydrogens is 290 g/mol. The van der Waals surface area contributed by atoms with E-state index >= 15 is 0 Å². The van der Waals surface area contributed by atoms with Crippen LogP contribution in [0.1, 0.15) is 0 Å². The van der Waals surface area contributed by atoms with Gasteiger partial charge in [-0.05, 0) is 20.2 Å². The molecule has 3 nitrogen and oxygen atoms in total. The summed E-state index contributed by atoms with van der Waals surface area (Å²) in [4.78, 5) is 11.7. The zero-order valence-electron chi connectivity index (χ0n) is 12.9. The van der Waals surface area contributed by atoms with E-state index < -0.39 is 0 Å². The monoisotopic (exact) mass is 309 g/mol. The first-order chi connectivity index (χ1) is 10.7. The van der Waals surface area contributed by atoms with E-state index in [9.17, 15) is 0 Å². The van der Waals surface area contributed by atoms with Gasteiger partial charge in [0.1, 0.15) is 0 Å². The van der Waals surface area contributed by atoms with E-state index in [0.717, 1.165) is 39.6 Å². The highest BCUT2D eigenvalue weighted by atomic mass is 32.2. The summed E-state index contributed by atoms with van der Waals surface area (Å²) >= 11 is 1.71. The standard InChI is InChI=1S/C18H19N3S/c1-21(2)12-13-22-18-19-16-11-7-6-10-15(16)17(20-18)14-8-4-3-5-9-14/h3-11H,12-13H2,1-2H3. The van der Waals surface area contributed by atoms with Crippen molar-refractivity contribution in [2.24, 2.45) is 0 Å². The molecule has 0 unspecified atom stereocenters. The Morgan fingerprint density at radius 1 is 0.909 bits per heavy atom. The smallest absolute Gasteiger partial charge is 0.188 e. The summed E-state index contributed by atoms with van der Waals surface area (Å²) in [6.07, 6.45) is 0. The van der Waals surface area contributed by atoms with Crippen LogP contribution in [0.25, 0.3) is 22.2 Å². The third-order valence-electron chi connectivity index (χ3n) is 3.40. The molecule has 0 saturated heterocycles. The molecule has 0 bridgehead atoms.